The van der Waals surface area contributed by atoms with E-state index in [1.54, 1.807) is 11.3 Å². The van der Waals surface area contributed by atoms with Crippen LogP contribution < -0.4 is 5.73 Å². The first-order valence-corrected chi connectivity index (χ1v) is 11.2. The van der Waals surface area contributed by atoms with Gasteiger partial charge in [-0.1, -0.05) is 48.0 Å². The second-order valence-corrected chi connectivity index (χ2v) is 9.67. The molecule has 0 aliphatic carbocycles. The second kappa shape index (κ2) is 7.41. The van der Waals surface area contributed by atoms with Crippen LogP contribution in [0.1, 0.15) is 36.3 Å². The Hall–Kier alpha value is -1.05. The first-order chi connectivity index (χ1) is 12.9. The van der Waals surface area contributed by atoms with E-state index in [1.165, 1.54) is 22.2 Å². The highest BCUT2D eigenvalue weighted by molar-refractivity contribution is 7.98. The molecule has 0 bridgehead atoms. The third kappa shape index (κ3) is 3.66. The quantitative estimate of drug-likeness (QED) is 0.392. The van der Waals surface area contributed by atoms with Crippen molar-refractivity contribution < 1.29 is 4.74 Å². The Morgan fingerprint density at radius 2 is 2.04 bits per heavy atom. The van der Waals surface area contributed by atoms with Crippen LogP contribution in [0.15, 0.2) is 23.4 Å². The summed E-state index contributed by atoms with van der Waals surface area (Å²) >= 11 is 15.6. The van der Waals surface area contributed by atoms with Gasteiger partial charge in [0.2, 0.25) is 0 Å². The van der Waals surface area contributed by atoms with Crippen LogP contribution in [0.2, 0.25) is 10.0 Å². The van der Waals surface area contributed by atoms with Gasteiger partial charge in [0.05, 0.1) is 17.6 Å². The van der Waals surface area contributed by atoms with Gasteiger partial charge in [0, 0.05) is 27.1 Å². The van der Waals surface area contributed by atoms with Crippen molar-refractivity contribution in [3.05, 3.63) is 44.2 Å². The molecule has 4 rings (SSSR count). The molecule has 27 heavy (non-hydrogen) atoms. The van der Waals surface area contributed by atoms with Crippen LogP contribution in [0.4, 0.5) is 5.82 Å². The third-order valence-corrected chi connectivity index (χ3v) is 7.68. The number of anilines is 1. The first-order valence-electron chi connectivity index (χ1n) is 8.67. The van der Waals surface area contributed by atoms with Crippen LogP contribution in [0, 0.1) is 0 Å². The Labute approximate surface area is 176 Å². The van der Waals surface area contributed by atoms with Gasteiger partial charge < -0.3 is 10.5 Å². The molecule has 1 atom stereocenters. The number of hydrogen-bond donors (Lipinski definition) is 1. The summed E-state index contributed by atoms with van der Waals surface area (Å²) < 4.78 is 6.06. The number of aromatic nitrogens is 2. The molecule has 2 N–H and O–H groups in total. The number of thioether (sulfide) groups is 1. The fourth-order valence-corrected chi connectivity index (χ4v) is 5.94. The third-order valence-electron chi connectivity index (χ3n) is 5.00. The molecule has 3 aromatic rings. The second-order valence-electron chi connectivity index (χ2n) is 6.83. The average molecular weight is 440 g/mol. The normalized spacial score (nSPS) is 19.4. The Balaban J connectivity index is 1.65. The van der Waals surface area contributed by atoms with Gasteiger partial charge in [0.15, 0.2) is 5.16 Å². The number of rotatable bonds is 4. The predicted molar refractivity (Wildman–Crippen MR) is 115 cm³/mol. The SMILES string of the molecule is CCC1(C)Cc2c(sc3nc(SCc4c(Cl)cccc4Cl)nc(N)c23)CO1. The van der Waals surface area contributed by atoms with Crippen molar-refractivity contribution >= 4 is 62.3 Å². The van der Waals surface area contributed by atoms with Gasteiger partial charge in [-0.05, 0) is 36.6 Å². The Morgan fingerprint density at radius 1 is 1.30 bits per heavy atom. The van der Waals surface area contributed by atoms with Crippen molar-refractivity contribution in [1.82, 2.24) is 9.97 Å². The van der Waals surface area contributed by atoms with E-state index in [0.29, 0.717) is 33.4 Å². The lowest BCUT2D eigenvalue weighted by Crippen LogP contribution is -2.33. The van der Waals surface area contributed by atoms with Crippen LogP contribution in [-0.4, -0.2) is 15.6 Å². The monoisotopic (exact) mass is 439 g/mol. The largest absolute Gasteiger partial charge is 0.383 e. The molecule has 0 saturated carbocycles. The summed E-state index contributed by atoms with van der Waals surface area (Å²) in [6.07, 6.45) is 1.80. The Kier molecular flexibility index (Phi) is 5.29. The van der Waals surface area contributed by atoms with Crippen LogP contribution >= 0.6 is 46.3 Å². The molecule has 1 aromatic carbocycles. The van der Waals surface area contributed by atoms with E-state index < -0.39 is 0 Å². The van der Waals surface area contributed by atoms with Gasteiger partial charge in [-0.15, -0.1) is 11.3 Å². The van der Waals surface area contributed by atoms with E-state index in [0.717, 1.165) is 28.6 Å². The predicted octanol–water partition coefficient (Wildman–Crippen LogP) is 6.11. The highest BCUT2D eigenvalue weighted by atomic mass is 35.5. The van der Waals surface area contributed by atoms with E-state index in [9.17, 15) is 0 Å². The molecule has 8 heteroatoms. The van der Waals surface area contributed by atoms with Crippen LogP contribution in [0.3, 0.4) is 0 Å². The van der Waals surface area contributed by atoms with Gasteiger partial charge in [0.25, 0.3) is 0 Å². The molecule has 2 aromatic heterocycles. The molecular weight excluding hydrogens is 421 g/mol. The van der Waals surface area contributed by atoms with Gasteiger partial charge in [-0.2, -0.15) is 0 Å². The van der Waals surface area contributed by atoms with Crippen molar-refractivity contribution in [2.24, 2.45) is 0 Å². The number of thiophene rings is 1. The van der Waals surface area contributed by atoms with Gasteiger partial charge >= 0.3 is 0 Å². The minimum atomic E-state index is -0.151. The van der Waals surface area contributed by atoms with Crippen molar-refractivity contribution in [2.45, 2.75) is 49.8 Å². The van der Waals surface area contributed by atoms with Crippen molar-refractivity contribution in [3.63, 3.8) is 0 Å². The summed E-state index contributed by atoms with van der Waals surface area (Å²) in [5.41, 5.74) is 8.31. The fourth-order valence-electron chi connectivity index (χ4n) is 3.18. The molecule has 3 heterocycles. The van der Waals surface area contributed by atoms with Crippen LogP contribution in [0.25, 0.3) is 10.2 Å². The number of fused-ring (bicyclic) bond motifs is 3. The molecule has 4 nitrogen and oxygen atoms in total. The average Bonchev–Trinajstić information content (AvgIpc) is 2.99. The summed E-state index contributed by atoms with van der Waals surface area (Å²) in [6, 6.07) is 5.50. The number of benzene rings is 1. The van der Waals surface area contributed by atoms with Crippen molar-refractivity contribution in [1.29, 1.82) is 0 Å². The lowest BCUT2D eigenvalue weighted by molar-refractivity contribution is -0.0542. The number of halogens is 2. The summed E-state index contributed by atoms with van der Waals surface area (Å²) in [7, 11) is 0. The smallest absolute Gasteiger partial charge is 0.191 e. The highest BCUT2D eigenvalue weighted by Gasteiger charge is 2.33. The van der Waals surface area contributed by atoms with Gasteiger partial charge in [-0.25, -0.2) is 9.97 Å². The van der Waals surface area contributed by atoms with Crippen molar-refractivity contribution in [3.8, 4) is 0 Å². The fraction of sp³-hybridized carbons (Fsp3) is 0.368. The Bertz CT molecular complexity index is 1000. The van der Waals surface area contributed by atoms with Crippen LogP contribution in [0.5, 0.6) is 0 Å². The molecule has 1 aliphatic rings. The maximum absolute atomic E-state index is 6.33. The lowest BCUT2D eigenvalue weighted by atomic mass is 9.90. The van der Waals surface area contributed by atoms with E-state index in [1.807, 2.05) is 18.2 Å². The maximum Gasteiger partial charge on any atom is 0.191 e. The highest BCUT2D eigenvalue weighted by Crippen LogP contribution is 2.42. The summed E-state index contributed by atoms with van der Waals surface area (Å²) in [6.45, 7) is 4.90. The zero-order valence-electron chi connectivity index (χ0n) is 15.0. The topological polar surface area (TPSA) is 61.0 Å². The Morgan fingerprint density at radius 3 is 2.74 bits per heavy atom. The van der Waals surface area contributed by atoms with E-state index in [4.69, 9.17) is 38.7 Å². The lowest BCUT2D eigenvalue weighted by Gasteiger charge is -2.33. The van der Waals surface area contributed by atoms with E-state index >= 15 is 0 Å². The maximum atomic E-state index is 6.33. The molecular formula is C19H19Cl2N3OS2. The molecule has 1 unspecified atom stereocenters. The standard InChI is InChI=1S/C19H19Cl2N3OS2/c1-3-19(2)7-10-14(8-25-19)27-17-15(10)16(22)23-18(24-17)26-9-11-12(20)5-4-6-13(11)21/h4-6H,3,7-9H2,1-2H3,(H2,22,23,24). The van der Waals surface area contributed by atoms with Crippen molar-refractivity contribution in [2.75, 3.05) is 5.73 Å². The first kappa shape index (κ1) is 19.3. The molecule has 0 saturated heterocycles. The summed E-state index contributed by atoms with van der Waals surface area (Å²) in [4.78, 5) is 11.4. The summed E-state index contributed by atoms with van der Waals surface area (Å²) in [5.74, 6) is 1.12. The zero-order valence-corrected chi connectivity index (χ0v) is 18.2. The van der Waals surface area contributed by atoms with E-state index in [2.05, 4.69) is 18.8 Å². The molecule has 1 aliphatic heterocycles. The number of nitrogens with two attached hydrogens (primary N) is 1. The molecule has 0 radical (unpaired) electrons. The molecule has 0 fully saturated rings. The van der Waals surface area contributed by atoms with Gasteiger partial charge in [-0.3, -0.25) is 0 Å². The van der Waals surface area contributed by atoms with Crippen LogP contribution in [-0.2, 0) is 23.5 Å². The number of hydrogen-bond acceptors (Lipinski definition) is 6. The number of nitrogen functional groups attached to an aromatic ring is 1. The van der Waals surface area contributed by atoms with E-state index in [-0.39, 0.29) is 5.60 Å². The number of nitrogens with zero attached hydrogens (tertiary/aromatic N) is 2. The molecule has 142 valence electrons. The molecule has 0 amide bonds. The van der Waals surface area contributed by atoms with Gasteiger partial charge in [0.1, 0.15) is 10.6 Å². The minimum Gasteiger partial charge on any atom is -0.383 e. The minimum absolute atomic E-state index is 0.151. The number of ether oxygens (including phenoxy) is 1. The summed E-state index contributed by atoms with van der Waals surface area (Å²) in [5, 5.41) is 2.91. The zero-order chi connectivity index (χ0) is 19.2. The molecule has 0 spiro atoms.